The Morgan fingerprint density at radius 1 is 1.35 bits per heavy atom. The van der Waals surface area contributed by atoms with E-state index in [1.54, 1.807) is 0 Å². The van der Waals surface area contributed by atoms with Crippen molar-refractivity contribution in [2.45, 2.75) is 5.51 Å². The highest BCUT2D eigenvalue weighted by Crippen LogP contribution is 2.29. The van der Waals surface area contributed by atoms with Crippen molar-refractivity contribution in [3.63, 3.8) is 0 Å². The number of methoxy groups -OCH3 is 1. The largest absolute Gasteiger partial charge is 0.497 e. The first-order valence-corrected chi connectivity index (χ1v) is 5.69. The zero-order valence-electron chi connectivity index (χ0n) is 8.97. The minimum Gasteiger partial charge on any atom is -0.497 e. The summed E-state index contributed by atoms with van der Waals surface area (Å²) in [6.07, 6.45) is 0. The van der Waals surface area contributed by atoms with Crippen LogP contribution in [0.25, 0.3) is 0 Å². The summed E-state index contributed by atoms with van der Waals surface area (Å²) in [6.45, 7) is 0.0221. The number of hydrogen-bond acceptors (Lipinski definition) is 3. The number of anilines is 1. The Hall–Kier alpha value is -1.11. The predicted octanol–water partition coefficient (Wildman–Crippen LogP) is 3.50. The second-order valence-electron chi connectivity index (χ2n) is 3.07. The van der Waals surface area contributed by atoms with E-state index in [-0.39, 0.29) is 29.7 Å². The van der Waals surface area contributed by atoms with Gasteiger partial charge in [0.15, 0.2) is 0 Å². The minimum atomic E-state index is -4.26. The Balaban J connectivity index is 2.46. The number of ether oxygens (including phenoxy) is 1. The van der Waals surface area contributed by atoms with Gasteiger partial charge in [-0.2, -0.15) is 13.2 Å². The molecule has 1 aromatic rings. The molecular formula is C10H11F4NOS. The topological polar surface area (TPSA) is 21.3 Å². The molecule has 1 aromatic carbocycles. The lowest BCUT2D eigenvalue weighted by molar-refractivity contribution is -0.0327. The Labute approximate surface area is 100 Å². The monoisotopic (exact) mass is 269 g/mol. The lowest BCUT2D eigenvalue weighted by Crippen LogP contribution is -2.10. The molecule has 2 nitrogen and oxygen atoms in total. The molecule has 0 amide bonds. The van der Waals surface area contributed by atoms with Crippen LogP contribution in [0.2, 0.25) is 0 Å². The van der Waals surface area contributed by atoms with E-state index in [1.165, 1.54) is 25.3 Å². The van der Waals surface area contributed by atoms with E-state index in [4.69, 9.17) is 4.74 Å². The summed E-state index contributed by atoms with van der Waals surface area (Å²) >= 11 is -0.148. The van der Waals surface area contributed by atoms with Crippen LogP contribution in [0.15, 0.2) is 18.2 Å². The predicted molar refractivity (Wildman–Crippen MR) is 60.0 cm³/mol. The van der Waals surface area contributed by atoms with Crippen molar-refractivity contribution in [2.75, 3.05) is 24.7 Å². The maximum atomic E-state index is 13.2. The van der Waals surface area contributed by atoms with Crippen molar-refractivity contribution in [1.29, 1.82) is 0 Å². The smallest absolute Gasteiger partial charge is 0.441 e. The Kier molecular flexibility index (Phi) is 4.92. The third-order valence-electron chi connectivity index (χ3n) is 1.86. The van der Waals surface area contributed by atoms with Crippen molar-refractivity contribution in [2.24, 2.45) is 0 Å². The van der Waals surface area contributed by atoms with E-state index in [0.717, 1.165) is 0 Å². The van der Waals surface area contributed by atoms with Gasteiger partial charge in [0.05, 0.1) is 12.8 Å². The number of nitrogens with one attached hydrogen (secondary N) is 1. The number of alkyl halides is 3. The molecule has 0 fully saturated rings. The van der Waals surface area contributed by atoms with Crippen LogP contribution >= 0.6 is 11.8 Å². The maximum absolute atomic E-state index is 13.2. The summed E-state index contributed by atoms with van der Waals surface area (Å²) in [6, 6.07) is 4.02. The van der Waals surface area contributed by atoms with Gasteiger partial charge in [0, 0.05) is 18.4 Å². The van der Waals surface area contributed by atoms with Crippen molar-refractivity contribution >= 4 is 17.4 Å². The molecule has 0 aliphatic rings. The highest BCUT2D eigenvalue weighted by molar-refractivity contribution is 8.00. The van der Waals surface area contributed by atoms with Gasteiger partial charge >= 0.3 is 5.51 Å². The van der Waals surface area contributed by atoms with Crippen LogP contribution in [0.4, 0.5) is 23.2 Å². The third kappa shape index (κ3) is 5.16. The number of rotatable bonds is 5. The lowest BCUT2D eigenvalue weighted by atomic mass is 10.3. The summed E-state index contributed by atoms with van der Waals surface area (Å²) in [5.41, 5.74) is -4.12. The standard InChI is InChI=1S/C10H11F4NOS/c1-16-7-2-3-8(11)9(6-7)15-4-5-17-10(12,13)14/h2-3,6,15H,4-5H2,1H3. The molecule has 0 radical (unpaired) electrons. The summed E-state index contributed by atoms with van der Waals surface area (Å²) < 4.78 is 53.6. The van der Waals surface area contributed by atoms with Gasteiger partial charge in [0.25, 0.3) is 0 Å². The SMILES string of the molecule is COc1ccc(F)c(NCCSC(F)(F)F)c1. The van der Waals surface area contributed by atoms with Crippen molar-refractivity contribution in [1.82, 2.24) is 0 Å². The Morgan fingerprint density at radius 3 is 2.65 bits per heavy atom. The Bertz CT molecular complexity index is 370. The van der Waals surface area contributed by atoms with E-state index in [0.29, 0.717) is 5.75 Å². The molecule has 0 aliphatic carbocycles. The molecule has 0 heterocycles. The minimum absolute atomic E-state index is 0.0221. The van der Waals surface area contributed by atoms with Crippen LogP contribution in [-0.4, -0.2) is 24.9 Å². The summed E-state index contributed by atoms with van der Waals surface area (Å²) in [5.74, 6) is -0.264. The number of thioether (sulfide) groups is 1. The van der Waals surface area contributed by atoms with Gasteiger partial charge in [-0.1, -0.05) is 0 Å². The van der Waals surface area contributed by atoms with Crippen LogP contribution in [0.1, 0.15) is 0 Å². The molecule has 0 unspecified atom stereocenters. The fraction of sp³-hybridized carbons (Fsp3) is 0.400. The van der Waals surface area contributed by atoms with E-state index in [1.807, 2.05) is 0 Å². The molecule has 0 saturated carbocycles. The quantitative estimate of drug-likeness (QED) is 0.653. The summed E-state index contributed by atoms with van der Waals surface area (Å²) in [7, 11) is 1.43. The molecule has 96 valence electrons. The van der Waals surface area contributed by atoms with Crippen LogP contribution in [0, 0.1) is 5.82 Å². The van der Waals surface area contributed by atoms with E-state index < -0.39 is 11.3 Å². The van der Waals surface area contributed by atoms with Crippen LogP contribution in [-0.2, 0) is 0 Å². The molecule has 7 heteroatoms. The number of hydrogen-bond donors (Lipinski definition) is 1. The van der Waals surface area contributed by atoms with Crippen LogP contribution in [0.5, 0.6) is 5.75 Å². The molecule has 17 heavy (non-hydrogen) atoms. The highest BCUT2D eigenvalue weighted by atomic mass is 32.2. The van der Waals surface area contributed by atoms with Gasteiger partial charge in [-0.05, 0) is 23.9 Å². The third-order valence-corrected chi connectivity index (χ3v) is 2.59. The number of benzene rings is 1. The van der Waals surface area contributed by atoms with Gasteiger partial charge in [0.1, 0.15) is 11.6 Å². The maximum Gasteiger partial charge on any atom is 0.441 e. The zero-order valence-corrected chi connectivity index (χ0v) is 9.79. The average molecular weight is 269 g/mol. The molecular weight excluding hydrogens is 258 g/mol. The summed E-state index contributed by atoms with van der Waals surface area (Å²) in [5, 5.41) is 2.58. The fourth-order valence-corrected chi connectivity index (χ4v) is 1.55. The average Bonchev–Trinajstić information content (AvgIpc) is 2.25. The first-order valence-electron chi connectivity index (χ1n) is 4.70. The van der Waals surface area contributed by atoms with Crippen molar-refractivity contribution in [3.05, 3.63) is 24.0 Å². The van der Waals surface area contributed by atoms with Crippen LogP contribution in [0.3, 0.4) is 0 Å². The second-order valence-corrected chi connectivity index (χ2v) is 4.23. The molecule has 0 bridgehead atoms. The molecule has 0 atom stereocenters. The van der Waals surface area contributed by atoms with Crippen molar-refractivity contribution < 1.29 is 22.3 Å². The summed E-state index contributed by atoms with van der Waals surface area (Å²) in [4.78, 5) is 0. The first-order chi connectivity index (χ1) is 7.92. The fourth-order valence-electron chi connectivity index (χ4n) is 1.12. The van der Waals surface area contributed by atoms with E-state index in [2.05, 4.69) is 5.32 Å². The number of halogens is 4. The van der Waals surface area contributed by atoms with Gasteiger partial charge in [-0.3, -0.25) is 0 Å². The van der Waals surface area contributed by atoms with Gasteiger partial charge in [-0.15, -0.1) is 0 Å². The van der Waals surface area contributed by atoms with E-state index in [9.17, 15) is 17.6 Å². The highest BCUT2D eigenvalue weighted by Gasteiger charge is 2.27. The van der Waals surface area contributed by atoms with E-state index >= 15 is 0 Å². The normalized spacial score (nSPS) is 11.4. The molecule has 0 spiro atoms. The first kappa shape index (κ1) is 14.0. The zero-order chi connectivity index (χ0) is 12.9. The lowest BCUT2D eigenvalue weighted by Gasteiger charge is -2.10. The van der Waals surface area contributed by atoms with Crippen LogP contribution < -0.4 is 10.1 Å². The van der Waals surface area contributed by atoms with Crippen molar-refractivity contribution in [3.8, 4) is 5.75 Å². The van der Waals surface area contributed by atoms with Gasteiger partial charge in [0.2, 0.25) is 0 Å². The molecule has 0 aliphatic heterocycles. The van der Waals surface area contributed by atoms with Gasteiger partial charge < -0.3 is 10.1 Å². The second kappa shape index (κ2) is 6.00. The molecule has 0 aromatic heterocycles. The Morgan fingerprint density at radius 2 is 2.06 bits per heavy atom. The van der Waals surface area contributed by atoms with Gasteiger partial charge in [-0.25, -0.2) is 4.39 Å². The molecule has 0 saturated heterocycles. The molecule has 1 N–H and O–H groups in total. The molecule has 1 rings (SSSR count).